The molecule has 0 saturated carbocycles. The van der Waals surface area contributed by atoms with Gasteiger partial charge in [0.1, 0.15) is 5.03 Å². The van der Waals surface area contributed by atoms with Gasteiger partial charge in [0.05, 0.1) is 28.9 Å². The summed E-state index contributed by atoms with van der Waals surface area (Å²) in [6.07, 6.45) is 3.61. The first kappa shape index (κ1) is 11.4. The zero-order valence-electron chi connectivity index (χ0n) is 10.4. The second kappa shape index (κ2) is 4.61. The van der Waals surface area contributed by atoms with Crippen LogP contribution in [0.2, 0.25) is 0 Å². The van der Waals surface area contributed by atoms with Crippen LogP contribution in [-0.4, -0.2) is 20.2 Å². The van der Waals surface area contributed by atoms with Gasteiger partial charge >= 0.3 is 0 Å². The first-order valence-electron chi connectivity index (χ1n) is 6.21. The molecule has 2 aromatic heterocycles. The summed E-state index contributed by atoms with van der Waals surface area (Å²) in [5.41, 5.74) is 2.74. The highest BCUT2D eigenvalue weighted by Crippen LogP contribution is 2.27. The van der Waals surface area contributed by atoms with E-state index in [-0.39, 0.29) is 0 Å². The lowest BCUT2D eigenvalue weighted by molar-refractivity contribution is 1.11. The Balaban J connectivity index is 1.79. The van der Waals surface area contributed by atoms with Crippen molar-refractivity contribution in [3.05, 3.63) is 54.9 Å². The van der Waals surface area contributed by atoms with Gasteiger partial charge in [0, 0.05) is 10.3 Å². The first-order chi connectivity index (χ1) is 9.88. The highest BCUT2D eigenvalue weighted by Gasteiger charge is 2.05. The molecule has 5 heteroatoms. The van der Waals surface area contributed by atoms with Crippen molar-refractivity contribution < 1.29 is 0 Å². The molecule has 0 amide bonds. The predicted molar refractivity (Wildman–Crippen MR) is 79.8 cm³/mol. The number of benzene rings is 2. The predicted octanol–water partition coefficient (Wildman–Crippen LogP) is 3.66. The van der Waals surface area contributed by atoms with Crippen molar-refractivity contribution >= 4 is 33.7 Å². The van der Waals surface area contributed by atoms with Gasteiger partial charge in [-0.1, -0.05) is 30.0 Å². The van der Waals surface area contributed by atoms with Gasteiger partial charge in [-0.05, 0) is 24.3 Å². The van der Waals surface area contributed by atoms with E-state index in [9.17, 15) is 0 Å². The maximum absolute atomic E-state index is 4.65. The molecule has 96 valence electrons. The van der Waals surface area contributed by atoms with Gasteiger partial charge in [0.25, 0.3) is 0 Å². The van der Waals surface area contributed by atoms with E-state index in [1.807, 2.05) is 36.5 Å². The van der Waals surface area contributed by atoms with Crippen molar-refractivity contribution in [3.63, 3.8) is 0 Å². The quantitative estimate of drug-likeness (QED) is 0.608. The average molecular weight is 278 g/mol. The van der Waals surface area contributed by atoms with Crippen LogP contribution in [0.15, 0.2) is 64.8 Å². The minimum Gasteiger partial charge on any atom is -0.278 e. The zero-order chi connectivity index (χ0) is 13.4. The van der Waals surface area contributed by atoms with Crippen LogP contribution in [0.25, 0.3) is 21.9 Å². The fourth-order valence-corrected chi connectivity index (χ4v) is 2.88. The van der Waals surface area contributed by atoms with Crippen LogP contribution in [0.4, 0.5) is 0 Å². The van der Waals surface area contributed by atoms with E-state index in [1.165, 1.54) is 0 Å². The molecule has 4 nitrogen and oxygen atoms in total. The number of hydrogen-bond acceptors (Lipinski definition) is 4. The van der Waals surface area contributed by atoms with E-state index in [1.54, 1.807) is 18.0 Å². The van der Waals surface area contributed by atoms with Gasteiger partial charge in [-0.25, -0.2) is 4.98 Å². The molecule has 0 aliphatic heterocycles. The summed E-state index contributed by atoms with van der Waals surface area (Å²) in [7, 11) is 0. The second-order valence-electron chi connectivity index (χ2n) is 4.42. The Morgan fingerprint density at radius 2 is 1.85 bits per heavy atom. The minimum atomic E-state index is 0.877. The number of nitrogens with one attached hydrogen (secondary N) is 1. The molecule has 4 aromatic rings. The second-order valence-corrected chi connectivity index (χ2v) is 5.52. The molecule has 0 aliphatic rings. The topological polar surface area (TPSA) is 54.5 Å². The molecule has 0 spiro atoms. The SMILES string of the molecule is c1ccc(Sc2cnc3cc4cn[nH]c4cc3n2)cc1. The van der Waals surface area contributed by atoms with Crippen molar-refractivity contribution in [1.82, 2.24) is 20.2 Å². The van der Waals surface area contributed by atoms with E-state index < -0.39 is 0 Å². The summed E-state index contributed by atoms with van der Waals surface area (Å²) in [5, 5.41) is 8.93. The molecule has 2 aromatic carbocycles. The normalized spacial score (nSPS) is 11.2. The van der Waals surface area contributed by atoms with E-state index in [0.29, 0.717) is 0 Å². The minimum absolute atomic E-state index is 0.877. The van der Waals surface area contributed by atoms with E-state index >= 15 is 0 Å². The summed E-state index contributed by atoms with van der Waals surface area (Å²) >= 11 is 1.61. The van der Waals surface area contributed by atoms with Gasteiger partial charge < -0.3 is 0 Å². The number of nitrogens with zero attached hydrogens (tertiary/aromatic N) is 3. The van der Waals surface area contributed by atoms with Gasteiger partial charge in [0.2, 0.25) is 0 Å². The molecule has 0 bridgehead atoms. The van der Waals surface area contributed by atoms with Crippen LogP contribution in [0.1, 0.15) is 0 Å². The van der Waals surface area contributed by atoms with Crippen LogP contribution in [0.5, 0.6) is 0 Å². The van der Waals surface area contributed by atoms with Crippen molar-refractivity contribution in [3.8, 4) is 0 Å². The molecule has 0 fully saturated rings. The third kappa shape index (κ3) is 2.02. The van der Waals surface area contributed by atoms with Crippen LogP contribution in [0.3, 0.4) is 0 Å². The Labute approximate surface area is 119 Å². The Hall–Kier alpha value is -2.40. The lowest BCUT2D eigenvalue weighted by Crippen LogP contribution is -1.87. The third-order valence-electron chi connectivity index (χ3n) is 3.05. The fourth-order valence-electron chi connectivity index (χ4n) is 2.09. The molecular weight excluding hydrogens is 268 g/mol. The number of H-pyrrole nitrogens is 1. The number of rotatable bonds is 2. The lowest BCUT2D eigenvalue weighted by Gasteiger charge is -2.02. The maximum atomic E-state index is 4.65. The van der Waals surface area contributed by atoms with Crippen LogP contribution < -0.4 is 0 Å². The van der Waals surface area contributed by atoms with Crippen LogP contribution >= 0.6 is 11.8 Å². The van der Waals surface area contributed by atoms with Gasteiger partial charge in [-0.15, -0.1) is 0 Å². The number of hydrogen-bond donors (Lipinski definition) is 1. The van der Waals surface area contributed by atoms with Crippen molar-refractivity contribution in [2.45, 2.75) is 9.92 Å². The lowest BCUT2D eigenvalue weighted by atomic mass is 10.2. The number of fused-ring (bicyclic) bond motifs is 2. The summed E-state index contributed by atoms with van der Waals surface area (Å²) in [6, 6.07) is 14.2. The Morgan fingerprint density at radius 1 is 0.950 bits per heavy atom. The van der Waals surface area contributed by atoms with E-state index in [2.05, 4.69) is 32.3 Å². The van der Waals surface area contributed by atoms with Crippen LogP contribution in [-0.2, 0) is 0 Å². The maximum Gasteiger partial charge on any atom is 0.120 e. The molecule has 4 rings (SSSR count). The number of aromatic nitrogens is 4. The fraction of sp³-hybridized carbons (Fsp3) is 0. The summed E-state index contributed by atoms with van der Waals surface area (Å²) in [5.74, 6) is 0. The number of aromatic amines is 1. The zero-order valence-corrected chi connectivity index (χ0v) is 11.3. The Kier molecular flexibility index (Phi) is 2.63. The smallest absolute Gasteiger partial charge is 0.120 e. The summed E-state index contributed by atoms with van der Waals surface area (Å²) in [6.45, 7) is 0. The van der Waals surface area contributed by atoms with E-state index in [0.717, 1.165) is 31.9 Å². The first-order valence-corrected chi connectivity index (χ1v) is 7.03. The van der Waals surface area contributed by atoms with Crippen molar-refractivity contribution in [1.29, 1.82) is 0 Å². The molecule has 0 aliphatic carbocycles. The molecule has 20 heavy (non-hydrogen) atoms. The molecule has 0 radical (unpaired) electrons. The largest absolute Gasteiger partial charge is 0.278 e. The summed E-state index contributed by atoms with van der Waals surface area (Å²) < 4.78 is 0. The molecule has 2 heterocycles. The molecular formula is C15H10N4S. The molecule has 1 N–H and O–H groups in total. The Morgan fingerprint density at radius 3 is 2.75 bits per heavy atom. The van der Waals surface area contributed by atoms with Gasteiger partial charge in [-0.3, -0.25) is 10.1 Å². The van der Waals surface area contributed by atoms with Crippen LogP contribution in [0, 0.1) is 0 Å². The van der Waals surface area contributed by atoms with E-state index in [4.69, 9.17) is 0 Å². The third-order valence-corrected chi connectivity index (χ3v) is 3.96. The van der Waals surface area contributed by atoms with Crippen molar-refractivity contribution in [2.24, 2.45) is 0 Å². The molecule has 0 unspecified atom stereocenters. The van der Waals surface area contributed by atoms with Gasteiger partial charge in [-0.2, -0.15) is 5.10 Å². The Bertz CT molecular complexity index is 886. The van der Waals surface area contributed by atoms with Crippen molar-refractivity contribution in [2.75, 3.05) is 0 Å². The monoisotopic (exact) mass is 278 g/mol. The van der Waals surface area contributed by atoms with Gasteiger partial charge in [0.15, 0.2) is 0 Å². The average Bonchev–Trinajstić information content (AvgIpc) is 2.93. The summed E-state index contributed by atoms with van der Waals surface area (Å²) in [4.78, 5) is 10.3. The highest BCUT2D eigenvalue weighted by molar-refractivity contribution is 7.99. The highest BCUT2D eigenvalue weighted by atomic mass is 32.2. The molecule has 0 atom stereocenters. The standard InChI is InChI=1S/C15H10N4S/c1-2-4-11(5-3-1)20-15-9-16-13-6-10-8-17-19-12(10)7-14(13)18-15/h1-9H,(H,17,19). The molecule has 0 saturated heterocycles.